The van der Waals surface area contributed by atoms with E-state index < -0.39 is 0 Å². The minimum absolute atomic E-state index is 0.626. The summed E-state index contributed by atoms with van der Waals surface area (Å²) in [6, 6.07) is 32.6. The van der Waals surface area contributed by atoms with E-state index in [1.165, 1.54) is 28.1 Å². The number of rotatable bonds is 10. The Labute approximate surface area is 241 Å². The van der Waals surface area contributed by atoms with Crippen molar-refractivity contribution < 1.29 is 4.57 Å². The van der Waals surface area contributed by atoms with Gasteiger partial charge in [0.25, 0.3) is 0 Å². The van der Waals surface area contributed by atoms with Crippen molar-refractivity contribution in [1.82, 2.24) is 0 Å². The van der Waals surface area contributed by atoms with Gasteiger partial charge < -0.3 is 9.80 Å². The molecule has 0 fully saturated rings. The maximum absolute atomic E-state index is 8.74. The number of halogens is 1. The van der Waals surface area contributed by atoms with E-state index in [9.17, 15) is 0 Å². The summed E-state index contributed by atoms with van der Waals surface area (Å²) in [6.45, 7) is 0.952. The van der Waals surface area contributed by atoms with Crippen molar-refractivity contribution >= 4 is 39.5 Å². The second kappa shape index (κ2) is 13.3. The monoisotopic (exact) mass is 579 g/mol. The Hall–Kier alpha value is -3.88. The van der Waals surface area contributed by atoms with Gasteiger partial charge in [-0.2, -0.15) is 9.83 Å². The minimum atomic E-state index is 0.626. The van der Waals surface area contributed by atoms with Crippen molar-refractivity contribution in [3.8, 4) is 28.5 Å². The molecule has 1 heterocycles. The Balaban J connectivity index is 1.64. The number of pyridine rings is 1. The predicted octanol–water partition coefficient (Wildman–Crippen LogP) is 7.97. The molecule has 4 nitrogen and oxygen atoms in total. The first kappa shape index (κ1) is 28.1. The number of benzene rings is 3. The number of nitrogens with zero attached hydrogens (tertiary/aromatic N) is 4. The van der Waals surface area contributed by atoms with Gasteiger partial charge in [0.2, 0.25) is 11.4 Å². The largest absolute Gasteiger partial charge is 0.378 e. The molecule has 0 amide bonds. The number of nitriles is 1. The number of aromatic nitrogens is 1. The van der Waals surface area contributed by atoms with E-state index >= 15 is 0 Å². The molecule has 4 aromatic rings. The maximum Gasteiger partial charge on any atom is 0.213 e. The molecule has 1 aromatic heterocycles. The van der Waals surface area contributed by atoms with E-state index in [-0.39, 0.29) is 0 Å². The van der Waals surface area contributed by atoms with Crippen LogP contribution in [0, 0.1) is 11.3 Å². The van der Waals surface area contributed by atoms with Crippen LogP contribution in [0.2, 0.25) is 0 Å². The molecule has 198 valence electrons. The highest BCUT2D eigenvalue weighted by molar-refractivity contribution is 9.10. The molecule has 39 heavy (non-hydrogen) atoms. The molecule has 0 saturated heterocycles. The fourth-order valence-corrected chi connectivity index (χ4v) is 4.83. The molecule has 0 aliphatic carbocycles. The average molecular weight is 581 g/mol. The fraction of sp³-hybridized carbons (Fsp3) is 0.235. The first-order chi connectivity index (χ1) is 18.9. The Morgan fingerprint density at radius 2 is 1.41 bits per heavy atom. The zero-order chi connectivity index (χ0) is 27.8. The lowest BCUT2D eigenvalue weighted by atomic mass is 10.0. The van der Waals surface area contributed by atoms with Crippen LogP contribution in [0.1, 0.15) is 30.5 Å². The maximum atomic E-state index is 8.74. The highest BCUT2D eigenvalue weighted by Gasteiger charge is 2.17. The molecule has 0 bridgehead atoms. The van der Waals surface area contributed by atoms with Crippen molar-refractivity contribution in [2.75, 3.05) is 37.5 Å². The minimum Gasteiger partial charge on any atom is -0.378 e. The van der Waals surface area contributed by atoms with Gasteiger partial charge in [-0.3, -0.25) is 0 Å². The van der Waals surface area contributed by atoms with Crippen LogP contribution >= 0.6 is 15.9 Å². The van der Waals surface area contributed by atoms with Gasteiger partial charge in [0, 0.05) is 73.7 Å². The summed E-state index contributed by atoms with van der Waals surface area (Å²) in [5, 5.41) is 8.74. The molecular weight excluding hydrogens is 544 g/mol. The van der Waals surface area contributed by atoms with Gasteiger partial charge in [0.1, 0.15) is 7.05 Å². The summed E-state index contributed by atoms with van der Waals surface area (Å²) >= 11 is 3.57. The van der Waals surface area contributed by atoms with E-state index in [4.69, 9.17) is 5.26 Å². The number of unbranched alkanes of at least 4 members (excludes halogenated alkanes) is 2. The van der Waals surface area contributed by atoms with Gasteiger partial charge in [-0.1, -0.05) is 40.2 Å². The third-order valence-electron chi connectivity index (χ3n) is 7.01. The van der Waals surface area contributed by atoms with Gasteiger partial charge >= 0.3 is 0 Å². The van der Waals surface area contributed by atoms with Gasteiger partial charge in [-0.05, 0) is 84.1 Å². The van der Waals surface area contributed by atoms with Crippen molar-refractivity contribution in [1.29, 1.82) is 5.26 Å². The molecule has 0 aliphatic rings. The highest BCUT2D eigenvalue weighted by Crippen LogP contribution is 2.28. The Kier molecular flexibility index (Phi) is 9.57. The molecule has 3 aromatic carbocycles. The van der Waals surface area contributed by atoms with E-state index in [1.807, 2.05) is 0 Å². The van der Waals surface area contributed by atoms with Crippen LogP contribution in [-0.4, -0.2) is 27.7 Å². The Bertz CT molecular complexity index is 1450. The lowest BCUT2D eigenvalue weighted by Crippen LogP contribution is -2.34. The SMILES string of the molecule is CN(C)c1ccc(-c2cc(/C=C/c3ccc(N(C)CCCCC#N)cc3)[n+](C)c(-c3ccc(Br)cc3)c2)cc1. The topological polar surface area (TPSA) is 34.1 Å². The standard InChI is InChI=1S/C34H36BrN4/c1-37(2)31-20-13-27(14-21-31)29-24-33(39(4)34(25-29)28-11-15-30(35)16-12-28)19-10-26-8-17-32(18-9-26)38(3)23-7-5-6-22-36/h8-21,24-25H,5-7,23H2,1-4H3/q+1. The summed E-state index contributed by atoms with van der Waals surface area (Å²) in [6.07, 6.45) is 6.97. The van der Waals surface area contributed by atoms with Crippen molar-refractivity contribution in [2.45, 2.75) is 19.3 Å². The zero-order valence-electron chi connectivity index (χ0n) is 23.2. The molecule has 0 unspecified atom stereocenters. The second-order valence-corrected chi connectivity index (χ2v) is 10.9. The molecule has 0 radical (unpaired) electrons. The van der Waals surface area contributed by atoms with E-state index in [0.717, 1.165) is 40.8 Å². The normalized spacial score (nSPS) is 11.0. The van der Waals surface area contributed by atoms with Gasteiger partial charge in [-0.15, -0.1) is 0 Å². The van der Waals surface area contributed by atoms with Crippen molar-refractivity contribution in [3.05, 3.63) is 101 Å². The summed E-state index contributed by atoms with van der Waals surface area (Å²) in [5.74, 6) is 0. The van der Waals surface area contributed by atoms with Crippen molar-refractivity contribution in [2.24, 2.45) is 7.05 Å². The van der Waals surface area contributed by atoms with E-state index in [1.54, 1.807) is 0 Å². The molecule has 0 N–H and O–H groups in total. The smallest absolute Gasteiger partial charge is 0.213 e. The first-order valence-corrected chi connectivity index (χ1v) is 14.1. The van der Waals surface area contributed by atoms with Crippen LogP contribution in [0.5, 0.6) is 0 Å². The highest BCUT2D eigenvalue weighted by atomic mass is 79.9. The first-order valence-electron chi connectivity index (χ1n) is 13.3. The predicted molar refractivity (Wildman–Crippen MR) is 169 cm³/mol. The van der Waals surface area contributed by atoms with Gasteiger partial charge in [0.05, 0.1) is 6.07 Å². The van der Waals surface area contributed by atoms with Gasteiger partial charge in [-0.25, -0.2) is 0 Å². The third-order valence-corrected chi connectivity index (χ3v) is 7.54. The molecule has 5 heteroatoms. The molecule has 4 rings (SSSR count). The number of anilines is 2. The van der Waals surface area contributed by atoms with Crippen LogP contribution in [0.15, 0.2) is 89.4 Å². The van der Waals surface area contributed by atoms with Crippen LogP contribution in [-0.2, 0) is 7.05 Å². The third kappa shape index (κ3) is 7.37. The molecule has 0 atom stereocenters. The summed E-state index contributed by atoms with van der Waals surface area (Å²) in [4.78, 5) is 4.37. The summed E-state index contributed by atoms with van der Waals surface area (Å²) in [5.41, 5.74) is 9.36. The van der Waals surface area contributed by atoms with Crippen LogP contribution < -0.4 is 14.4 Å². The number of hydrogen-bond donors (Lipinski definition) is 0. The molecule has 0 saturated carbocycles. The number of hydrogen-bond acceptors (Lipinski definition) is 3. The van der Waals surface area contributed by atoms with Crippen LogP contribution in [0.25, 0.3) is 34.5 Å². The molecule has 0 spiro atoms. The molecule has 0 aliphatic heterocycles. The van der Waals surface area contributed by atoms with Crippen LogP contribution in [0.4, 0.5) is 11.4 Å². The second-order valence-electron chi connectivity index (χ2n) is 10.0. The van der Waals surface area contributed by atoms with Crippen LogP contribution in [0.3, 0.4) is 0 Å². The summed E-state index contributed by atoms with van der Waals surface area (Å²) in [7, 11) is 8.36. The Morgan fingerprint density at radius 1 is 0.769 bits per heavy atom. The Morgan fingerprint density at radius 3 is 2.05 bits per heavy atom. The molecular formula is C34H36BrN4+. The van der Waals surface area contributed by atoms with E-state index in [0.29, 0.717) is 6.42 Å². The summed E-state index contributed by atoms with van der Waals surface area (Å²) < 4.78 is 3.32. The lowest BCUT2D eigenvalue weighted by Gasteiger charge is -2.19. The quantitative estimate of drug-likeness (QED) is 0.141. The van der Waals surface area contributed by atoms with Crippen molar-refractivity contribution in [3.63, 3.8) is 0 Å². The fourth-order valence-electron chi connectivity index (χ4n) is 4.56. The zero-order valence-corrected chi connectivity index (χ0v) is 24.8. The van der Waals surface area contributed by atoms with E-state index in [2.05, 4.69) is 162 Å². The lowest BCUT2D eigenvalue weighted by molar-refractivity contribution is -0.662. The average Bonchev–Trinajstić information content (AvgIpc) is 2.95. The van der Waals surface area contributed by atoms with Gasteiger partial charge in [0.15, 0.2) is 0 Å².